The standard InChI is InChI=1S/C17H20FNO/c1-13(2)19-12-17(20,14-6-4-3-5-7-14)15-8-10-16(18)11-9-15/h3-11,13,19-20H,12H2,1-2H3/t17-/m1/s1. The highest BCUT2D eigenvalue weighted by Crippen LogP contribution is 2.29. The van der Waals surface area contributed by atoms with Crippen LogP contribution in [0.15, 0.2) is 54.6 Å². The number of rotatable bonds is 5. The van der Waals surface area contributed by atoms with Crippen LogP contribution in [-0.2, 0) is 5.60 Å². The summed E-state index contributed by atoms with van der Waals surface area (Å²) in [5, 5.41) is 14.4. The summed E-state index contributed by atoms with van der Waals surface area (Å²) in [4.78, 5) is 0. The van der Waals surface area contributed by atoms with Crippen molar-refractivity contribution in [1.29, 1.82) is 0 Å². The Morgan fingerprint density at radius 2 is 1.55 bits per heavy atom. The molecular weight excluding hydrogens is 253 g/mol. The molecule has 0 saturated heterocycles. The lowest BCUT2D eigenvalue weighted by Gasteiger charge is -2.30. The molecule has 0 heterocycles. The fourth-order valence-electron chi connectivity index (χ4n) is 2.16. The van der Waals surface area contributed by atoms with Crippen LogP contribution in [0.4, 0.5) is 4.39 Å². The van der Waals surface area contributed by atoms with Crippen LogP contribution in [0, 0.1) is 5.82 Å². The molecule has 0 unspecified atom stereocenters. The van der Waals surface area contributed by atoms with Crippen molar-refractivity contribution in [1.82, 2.24) is 5.32 Å². The third kappa shape index (κ3) is 3.24. The lowest BCUT2D eigenvalue weighted by molar-refractivity contribution is 0.0777. The van der Waals surface area contributed by atoms with Crippen LogP contribution >= 0.6 is 0 Å². The van der Waals surface area contributed by atoms with E-state index in [0.29, 0.717) is 12.1 Å². The maximum Gasteiger partial charge on any atom is 0.127 e. The van der Waals surface area contributed by atoms with Gasteiger partial charge in [-0.15, -0.1) is 0 Å². The van der Waals surface area contributed by atoms with Crippen LogP contribution in [0.2, 0.25) is 0 Å². The summed E-state index contributed by atoms with van der Waals surface area (Å²) in [5.41, 5.74) is 0.303. The van der Waals surface area contributed by atoms with Gasteiger partial charge in [0.1, 0.15) is 11.4 Å². The van der Waals surface area contributed by atoms with E-state index < -0.39 is 5.60 Å². The zero-order chi connectivity index (χ0) is 14.6. The molecule has 2 aromatic carbocycles. The molecule has 3 heteroatoms. The number of aliphatic hydroxyl groups is 1. The van der Waals surface area contributed by atoms with Gasteiger partial charge in [0.05, 0.1) is 0 Å². The zero-order valence-electron chi connectivity index (χ0n) is 11.8. The van der Waals surface area contributed by atoms with Crippen molar-refractivity contribution < 1.29 is 9.50 Å². The van der Waals surface area contributed by atoms with Crippen molar-refractivity contribution in [2.75, 3.05) is 6.54 Å². The van der Waals surface area contributed by atoms with E-state index in [1.807, 2.05) is 44.2 Å². The fraction of sp³-hybridized carbons (Fsp3) is 0.294. The predicted octanol–water partition coefficient (Wildman–Crippen LogP) is 3.06. The van der Waals surface area contributed by atoms with E-state index in [1.165, 1.54) is 12.1 Å². The molecule has 2 N–H and O–H groups in total. The molecule has 0 spiro atoms. The molecule has 0 saturated carbocycles. The molecule has 0 aliphatic carbocycles. The summed E-state index contributed by atoms with van der Waals surface area (Å²) in [7, 11) is 0. The maximum atomic E-state index is 13.1. The molecule has 0 amide bonds. The fourth-order valence-corrected chi connectivity index (χ4v) is 2.16. The van der Waals surface area contributed by atoms with Crippen molar-refractivity contribution in [2.45, 2.75) is 25.5 Å². The molecule has 20 heavy (non-hydrogen) atoms. The normalized spacial score (nSPS) is 14.2. The highest BCUT2D eigenvalue weighted by molar-refractivity contribution is 5.36. The Morgan fingerprint density at radius 3 is 2.10 bits per heavy atom. The quantitative estimate of drug-likeness (QED) is 0.877. The van der Waals surface area contributed by atoms with Gasteiger partial charge in [0, 0.05) is 12.6 Å². The maximum absolute atomic E-state index is 13.1. The Balaban J connectivity index is 2.40. The highest BCUT2D eigenvalue weighted by Gasteiger charge is 2.31. The molecule has 0 aliphatic heterocycles. The van der Waals surface area contributed by atoms with Gasteiger partial charge >= 0.3 is 0 Å². The van der Waals surface area contributed by atoms with E-state index in [4.69, 9.17) is 0 Å². The van der Waals surface area contributed by atoms with Gasteiger partial charge in [-0.2, -0.15) is 0 Å². The van der Waals surface area contributed by atoms with Gasteiger partial charge < -0.3 is 10.4 Å². The molecule has 1 atom stereocenters. The van der Waals surface area contributed by atoms with Crippen LogP contribution < -0.4 is 5.32 Å². The van der Waals surface area contributed by atoms with E-state index >= 15 is 0 Å². The molecule has 2 rings (SSSR count). The summed E-state index contributed by atoms with van der Waals surface area (Å²) >= 11 is 0. The Bertz CT molecular complexity index is 539. The molecule has 106 valence electrons. The first kappa shape index (κ1) is 14.7. The molecule has 0 aliphatic rings. The topological polar surface area (TPSA) is 32.3 Å². The zero-order valence-corrected chi connectivity index (χ0v) is 11.8. The predicted molar refractivity (Wildman–Crippen MR) is 79.0 cm³/mol. The number of nitrogens with one attached hydrogen (secondary N) is 1. The monoisotopic (exact) mass is 273 g/mol. The molecule has 0 radical (unpaired) electrons. The SMILES string of the molecule is CC(C)NC[C@@](O)(c1ccccc1)c1ccc(F)cc1. The van der Waals surface area contributed by atoms with Crippen molar-refractivity contribution in [3.05, 3.63) is 71.5 Å². The lowest BCUT2D eigenvalue weighted by Crippen LogP contribution is -2.41. The van der Waals surface area contributed by atoms with Gasteiger partial charge in [-0.05, 0) is 23.3 Å². The summed E-state index contributed by atoms with van der Waals surface area (Å²) in [5.74, 6) is -0.305. The van der Waals surface area contributed by atoms with E-state index in [0.717, 1.165) is 5.56 Å². The minimum Gasteiger partial charge on any atom is -0.379 e. The van der Waals surface area contributed by atoms with E-state index in [1.54, 1.807) is 12.1 Å². The van der Waals surface area contributed by atoms with Crippen LogP contribution in [0.3, 0.4) is 0 Å². The second-order valence-corrected chi connectivity index (χ2v) is 5.27. The first-order valence-corrected chi connectivity index (χ1v) is 6.80. The molecule has 0 aromatic heterocycles. The summed E-state index contributed by atoms with van der Waals surface area (Å²) in [6.07, 6.45) is 0. The van der Waals surface area contributed by atoms with Gasteiger partial charge in [0.15, 0.2) is 0 Å². The van der Waals surface area contributed by atoms with Crippen LogP contribution in [0.1, 0.15) is 25.0 Å². The van der Waals surface area contributed by atoms with Crippen molar-refractivity contribution in [3.63, 3.8) is 0 Å². The summed E-state index contributed by atoms with van der Waals surface area (Å²) in [6.45, 7) is 4.42. The second kappa shape index (κ2) is 6.16. The van der Waals surface area contributed by atoms with Crippen LogP contribution in [0.25, 0.3) is 0 Å². The van der Waals surface area contributed by atoms with E-state index in [-0.39, 0.29) is 11.9 Å². The Morgan fingerprint density at radius 1 is 1.00 bits per heavy atom. The third-order valence-corrected chi connectivity index (χ3v) is 3.34. The van der Waals surface area contributed by atoms with Gasteiger partial charge in [-0.1, -0.05) is 56.3 Å². The van der Waals surface area contributed by atoms with Gasteiger partial charge in [0.2, 0.25) is 0 Å². The average Bonchev–Trinajstić information content (AvgIpc) is 2.46. The van der Waals surface area contributed by atoms with Gasteiger partial charge in [-0.3, -0.25) is 0 Å². The smallest absolute Gasteiger partial charge is 0.127 e. The summed E-state index contributed by atoms with van der Waals surface area (Å²) in [6, 6.07) is 15.7. The lowest BCUT2D eigenvalue weighted by atomic mass is 9.86. The first-order valence-electron chi connectivity index (χ1n) is 6.80. The van der Waals surface area contributed by atoms with Crippen LogP contribution in [0.5, 0.6) is 0 Å². The minimum atomic E-state index is -1.17. The average molecular weight is 273 g/mol. The second-order valence-electron chi connectivity index (χ2n) is 5.27. The highest BCUT2D eigenvalue weighted by atomic mass is 19.1. The van der Waals surface area contributed by atoms with Crippen molar-refractivity contribution >= 4 is 0 Å². The van der Waals surface area contributed by atoms with Gasteiger partial charge in [0.25, 0.3) is 0 Å². The molecule has 0 fully saturated rings. The first-order chi connectivity index (χ1) is 9.52. The molecule has 0 bridgehead atoms. The number of halogens is 1. The largest absolute Gasteiger partial charge is 0.379 e. The third-order valence-electron chi connectivity index (χ3n) is 3.34. The Labute approximate surface area is 119 Å². The van der Waals surface area contributed by atoms with Crippen molar-refractivity contribution in [3.8, 4) is 0 Å². The van der Waals surface area contributed by atoms with Crippen molar-refractivity contribution in [2.24, 2.45) is 0 Å². The number of hydrogen-bond acceptors (Lipinski definition) is 2. The minimum absolute atomic E-state index is 0.255. The Hall–Kier alpha value is -1.71. The molecule has 2 nitrogen and oxygen atoms in total. The molecule has 2 aromatic rings. The van der Waals surface area contributed by atoms with E-state index in [2.05, 4.69) is 5.32 Å². The van der Waals surface area contributed by atoms with E-state index in [9.17, 15) is 9.50 Å². The number of benzene rings is 2. The Kier molecular flexibility index (Phi) is 4.53. The summed E-state index contributed by atoms with van der Waals surface area (Å²) < 4.78 is 13.1. The molecular formula is C17H20FNO. The number of hydrogen-bond donors (Lipinski definition) is 2. The van der Waals surface area contributed by atoms with Gasteiger partial charge in [-0.25, -0.2) is 4.39 Å². The van der Waals surface area contributed by atoms with Crippen LogP contribution in [-0.4, -0.2) is 17.7 Å².